The molecule has 0 aliphatic carbocycles. The molecule has 0 fully saturated rings. The van der Waals surface area contributed by atoms with Crippen molar-refractivity contribution < 1.29 is 9.53 Å². The second-order valence-electron chi connectivity index (χ2n) is 8.49. The number of rotatable bonds is 8. The van der Waals surface area contributed by atoms with Crippen LogP contribution in [0.25, 0.3) is 0 Å². The lowest BCUT2D eigenvalue weighted by Gasteiger charge is -2.20. The third-order valence-electron chi connectivity index (χ3n) is 5.80. The third kappa shape index (κ3) is 5.85. The zero-order valence-electron chi connectivity index (χ0n) is 19.8. The summed E-state index contributed by atoms with van der Waals surface area (Å²) in [4.78, 5) is 17.6. The molecule has 0 bridgehead atoms. The predicted octanol–water partition coefficient (Wildman–Crippen LogP) is 6.75. The summed E-state index contributed by atoms with van der Waals surface area (Å²) in [5.74, 6) is 1.17. The number of nitrogens with zero attached hydrogens (tertiary/aromatic N) is 2. The van der Waals surface area contributed by atoms with Crippen molar-refractivity contribution in [3.63, 3.8) is 0 Å². The van der Waals surface area contributed by atoms with E-state index in [0.717, 1.165) is 22.5 Å². The number of benzene rings is 4. The number of carbonyl (C=O) groups excluding carboxylic acids is 1. The largest absolute Gasteiger partial charge is 0.430 e. The van der Waals surface area contributed by atoms with Crippen LogP contribution in [0.2, 0.25) is 0 Å². The highest BCUT2D eigenvalue weighted by Crippen LogP contribution is 2.26. The van der Waals surface area contributed by atoms with Crippen LogP contribution in [-0.4, -0.2) is 15.3 Å². The molecule has 0 radical (unpaired) electrons. The number of carbonyl (C=O) groups is 1. The van der Waals surface area contributed by atoms with Crippen LogP contribution in [0, 0.1) is 6.92 Å². The van der Waals surface area contributed by atoms with Gasteiger partial charge in [-0.1, -0.05) is 90.5 Å². The molecule has 5 aromatic rings. The van der Waals surface area contributed by atoms with Crippen molar-refractivity contribution in [3.8, 4) is 10.9 Å². The lowest BCUT2D eigenvalue weighted by atomic mass is 9.98. The van der Waals surface area contributed by atoms with Crippen LogP contribution in [0.4, 0.5) is 0 Å². The topological polar surface area (TPSA) is 64.1 Å². The van der Waals surface area contributed by atoms with E-state index in [2.05, 4.69) is 45.9 Å². The number of hydrogen-bond acceptors (Lipinski definition) is 5. The van der Waals surface area contributed by atoms with Crippen LogP contribution < -0.4 is 10.1 Å². The fourth-order valence-electron chi connectivity index (χ4n) is 3.88. The summed E-state index contributed by atoms with van der Waals surface area (Å²) in [6.07, 6.45) is 0.656. The summed E-state index contributed by atoms with van der Waals surface area (Å²) in [6, 6.07) is 35.1. The Morgan fingerprint density at radius 2 is 1.44 bits per heavy atom. The Morgan fingerprint density at radius 1 is 0.833 bits per heavy atom. The first kappa shape index (κ1) is 23.5. The van der Waals surface area contributed by atoms with Gasteiger partial charge in [-0.05, 0) is 47.9 Å². The standard InChI is InChI=1S/C30H25N3O2S/c1-21-12-14-22(15-13-21)20-27-31-30(36-33-27)35-26-18-16-25(17-19-26)29(34)32-28(23-8-4-2-5-9-23)24-10-6-3-7-11-24/h2-19,28H,20H2,1H3,(H,32,34). The minimum absolute atomic E-state index is 0.157. The quantitative estimate of drug-likeness (QED) is 0.261. The van der Waals surface area contributed by atoms with Crippen LogP contribution in [0.15, 0.2) is 109 Å². The normalized spacial score (nSPS) is 10.8. The minimum Gasteiger partial charge on any atom is -0.430 e. The zero-order chi connectivity index (χ0) is 24.7. The molecule has 0 aliphatic rings. The number of aryl methyl sites for hydroxylation is 1. The van der Waals surface area contributed by atoms with E-state index in [1.807, 2.05) is 60.7 Å². The Kier molecular flexibility index (Phi) is 7.15. The highest BCUT2D eigenvalue weighted by atomic mass is 32.1. The summed E-state index contributed by atoms with van der Waals surface area (Å²) in [5, 5.41) is 3.64. The maximum absolute atomic E-state index is 13.1. The molecular formula is C30H25N3O2S. The molecule has 0 aliphatic heterocycles. The fourth-order valence-corrected chi connectivity index (χ4v) is 4.45. The number of ether oxygens (including phenoxy) is 1. The van der Waals surface area contributed by atoms with Gasteiger partial charge in [-0.3, -0.25) is 4.79 Å². The van der Waals surface area contributed by atoms with Crippen molar-refractivity contribution in [2.75, 3.05) is 0 Å². The SMILES string of the molecule is Cc1ccc(Cc2nsc(Oc3ccc(C(=O)NC(c4ccccc4)c4ccccc4)cc3)n2)cc1. The molecule has 1 amide bonds. The molecule has 36 heavy (non-hydrogen) atoms. The molecule has 0 saturated carbocycles. The molecule has 178 valence electrons. The molecule has 0 atom stereocenters. The second kappa shape index (κ2) is 11.0. The van der Waals surface area contributed by atoms with E-state index in [4.69, 9.17) is 4.74 Å². The summed E-state index contributed by atoms with van der Waals surface area (Å²) in [6.45, 7) is 2.07. The Morgan fingerprint density at radius 3 is 2.06 bits per heavy atom. The smallest absolute Gasteiger partial charge is 0.298 e. The third-order valence-corrected chi connectivity index (χ3v) is 6.43. The molecule has 0 unspecified atom stereocenters. The van der Waals surface area contributed by atoms with Crippen molar-refractivity contribution in [2.45, 2.75) is 19.4 Å². The van der Waals surface area contributed by atoms with E-state index in [-0.39, 0.29) is 11.9 Å². The highest BCUT2D eigenvalue weighted by Gasteiger charge is 2.18. The maximum Gasteiger partial charge on any atom is 0.298 e. The Labute approximate surface area is 214 Å². The fraction of sp³-hybridized carbons (Fsp3) is 0.100. The van der Waals surface area contributed by atoms with Gasteiger partial charge in [-0.15, -0.1) is 0 Å². The van der Waals surface area contributed by atoms with E-state index in [1.54, 1.807) is 24.3 Å². The number of hydrogen-bond donors (Lipinski definition) is 1. The lowest BCUT2D eigenvalue weighted by molar-refractivity contribution is 0.0943. The molecule has 5 rings (SSSR count). The number of amides is 1. The Balaban J connectivity index is 1.25. The summed E-state index contributed by atoms with van der Waals surface area (Å²) >= 11 is 1.22. The molecule has 0 saturated heterocycles. The van der Waals surface area contributed by atoms with Gasteiger partial charge in [0.05, 0.1) is 6.04 Å². The molecule has 1 heterocycles. The van der Waals surface area contributed by atoms with Crippen LogP contribution >= 0.6 is 11.5 Å². The van der Waals surface area contributed by atoms with Crippen molar-refractivity contribution in [1.29, 1.82) is 0 Å². The first-order valence-corrected chi connectivity index (χ1v) is 12.5. The molecule has 1 N–H and O–H groups in total. The van der Waals surface area contributed by atoms with Crippen molar-refractivity contribution >= 4 is 17.4 Å². The van der Waals surface area contributed by atoms with Gasteiger partial charge in [-0.2, -0.15) is 9.36 Å². The highest BCUT2D eigenvalue weighted by molar-refractivity contribution is 7.07. The summed E-state index contributed by atoms with van der Waals surface area (Å²) in [5.41, 5.74) is 4.98. The van der Waals surface area contributed by atoms with E-state index in [0.29, 0.717) is 22.9 Å². The number of nitrogens with one attached hydrogen (secondary N) is 1. The van der Waals surface area contributed by atoms with E-state index in [1.165, 1.54) is 17.1 Å². The van der Waals surface area contributed by atoms with Gasteiger partial charge in [0.25, 0.3) is 11.1 Å². The molecule has 0 spiro atoms. The van der Waals surface area contributed by atoms with Gasteiger partial charge in [0.2, 0.25) is 0 Å². The average Bonchev–Trinajstić information content (AvgIpc) is 3.36. The van der Waals surface area contributed by atoms with Crippen molar-refractivity contribution in [1.82, 2.24) is 14.7 Å². The van der Waals surface area contributed by atoms with Crippen LogP contribution in [0.5, 0.6) is 10.9 Å². The van der Waals surface area contributed by atoms with Gasteiger partial charge < -0.3 is 10.1 Å². The average molecular weight is 492 g/mol. The number of aromatic nitrogens is 2. The first-order chi connectivity index (χ1) is 17.6. The lowest BCUT2D eigenvalue weighted by Crippen LogP contribution is -2.29. The van der Waals surface area contributed by atoms with Crippen molar-refractivity contribution in [3.05, 3.63) is 143 Å². The predicted molar refractivity (Wildman–Crippen MR) is 143 cm³/mol. The molecular weight excluding hydrogens is 466 g/mol. The molecule has 6 heteroatoms. The Bertz CT molecular complexity index is 1380. The zero-order valence-corrected chi connectivity index (χ0v) is 20.6. The Hall–Kier alpha value is -4.29. The van der Waals surface area contributed by atoms with Gasteiger partial charge in [0.1, 0.15) is 5.75 Å². The van der Waals surface area contributed by atoms with Crippen molar-refractivity contribution in [2.24, 2.45) is 0 Å². The van der Waals surface area contributed by atoms with Gasteiger partial charge in [0.15, 0.2) is 5.82 Å². The summed E-state index contributed by atoms with van der Waals surface area (Å²) in [7, 11) is 0. The van der Waals surface area contributed by atoms with Gasteiger partial charge >= 0.3 is 0 Å². The van der Waals surface area contributed by atoms with E-state index < -0.39 is 0 Å². The first-order valence-electron chi connectivity index (χ1n) is 11.7. The molecule has 5 nitrogen and oxygen atoms in total. The van der Waals surface area contributed by atoms with Gasteiger partial charge in [0, 0.05) is 23.5 Å². The minimum atomic E-state index is -0.246. The summed E-state index contributed by atoms with van der Waals surface area (Å²) < 4.78 is 10.3. The maximum atomic E-state index is 13.1. The van der Waals surface area contributed by atoms with Crippen LogP contribution in [0.3, 0.4) is 0 Å². The van der Waals surface area contributed by atoms with Gasteiger partial charge in [-0.25, -0.2) is 0 Å². The van der Waals surface area contributed by atoms with E-state index >= 15 is 0 Å². The molecule has 1 aromatic heterocycles. The van der Waals surface area contributed by atoms with E-state index in [9.17, 15) is 4.79 Å². The molecule has 4 aromatic carbocycles. The second-order valence-corrected chi connectivity index (χ2v) is 9.21. The van der Waals surface area contributed by atoms with Crippen LogP contribution in [-0.2, 0) is 6.42 Å². The van der Waals surface area contributed by atoms with Crippen LogP contribution in [0.1, 0.15) is 44.5 Å². The monoisotopic (exact) mass is 491 g/mol.